The molecule has 1 aliphatic heterocycles. The molecule has 1 aromatic carbocycles. The van der Waals surface area contributed by atoms with E-state index in [9.17, 15) is 5.11 Å². The van der Waals surface area contributed by atoms with E-state index in [4.69, 9.17) is 0 Å². The maximum Gasteiger partial charge on any atom is 0.0950 e. The first-order valence-electron chi connectivity index (χ1n) is 9.20. The molecule has 0 saturated carbocycles. The molecule has 6 heteroatoms. The molecule has 136 valence electrons. The number of benzene rings is 1. The smallest absolute Gasteiger partial charge is 0.0950 e. The van der Waals surface area contributed by atoms with Gasteiger partial charge in [0.05, 0.1) is 24.0 Å². The van der Waals surface area contributed by atoms with Gasteiger partial charge in [-0.1, -0.05) is 24.3 Å². The molecular formula is C20H25N5O. The van der Waals surface area contributed by atoms with Crippen LogP contribution in [0, 0.1) is 0 Å². The lowest BCUT2D eigenvalue weighted by atomic mass is 10.1. The summed E-state index contributed by atoms with van der Waals surface area (Å²) in [4.78, 5) is 2.46. The quantitative estimate of drug-likeness (QED) is 0.768. The zero-order valence-electron chi connectivity index (χ0n) is 15.1. The Morgan fingerprint density at radius 1 is 1.12 bits per heavy atom. The number of aliphatic hydroxyl groups excluding tert-OH is 1. The molecular weight excluding hydrogens is 326 g/mol. The van der Waals surface area contributed by atoms with Gasteiger partial charge in [0.15, 0.2) is 0 Å². The second kappa shape index (κ2) is 7.43. The van der Waals surface area contributed by atoms with Crippen LogP contribution in [0.4, 0.5) is 0 Å². The number of fused-ring (bicyclic) bond motifs is 1. The van der Waals surface area contributed by atoms with Gasteiger partial charge >= 0.3 is 0 Å². The summed E-state index contributed by atoms with van der Waals surface area (Å²) in [6, 6.07) is 12.7. The number of rotatable bonds is 5. The van der Waals surface area contributed by atoms with Crippen molar-refractivity contribution in [1.29, 1.82) is 0 Å². The van der Waals surface area contributed by atoms with Gasteiger partial charge in [-0.2, -0.15) is 10.2 Å². The zero-order valence-corrected chi connectivity index (χ0v) is 15.1. The van der Waals surface area contributed by atoms with Crippen molar-refractivity contribution in [1.82, 2.24) is 24.5 Å². The average Bonchev–Trinajstić information content (AvgIpc) is 3.22. The van der Waals surface area contributed by atoms with E-state index in [-0.39, 0.29) is 0 Å². The monoisotopic (exact) mass is 351 g/mol. The highest BCUT2D eigenvalue weighted by molar-refractivity contribution is 5.24. The molecule has 0 aliphatic carbocycles. The van der Waals surface area contributed by atoms with Crippen molar-refractivity contribution in [2.75, 3.05) is 6.54 Å². The minimum absolute atomic E-state index is 0.512. The summed E-state index contributed by atoms with van der Waals surface area (Å²) < 4.78 is 4.00. The number of hydrogen-bond acceptors (Lipinski definition) is 4. The fourth-order valence-electron chi connectivity index (χ4n) is 3.56. The number of hydrogen-bond donors (Lipinski definition) is 1. The molecule has 1 N–H and O–H groups in total. The maximum atomic E-state index is 9.78. The molecule has 2 aromatic heterocycles. The summed E-state index contributed by atoms with van der Waals surface area (Å²) in [5, 5.41) is 18.6. The van der Waals surface area contributed by atoms with Crippen molar-refractivity contribution in [2.45, 2.75) is 45.6 Å². The van der Waals surface area contributed by atoms with E-state index >= 15 is 0 Å². The summed E-state index contributed by atoms with van der Waals surface area (Å²) in [7, 11) is 0. The molecule has 3 heterocycles. The SMILES string of the molecule is C[C@H](O)c1cc2n(n1)CCCN(Cc1cccc(Cn3cccn3)c1)C2. The Balaban J connectivity index is 1.46. The van der Waals surface area contributed by atoms with E-state index in [2.05, 4.69) is 44.0 Å². The van der Waals surface area contributed by atoms with E-state index in [0.29, 0.717) is 0 Å². The first-order chi connectivity index (χ1) is 12.7. The number of aromatic nitrogens is 4. The third-order valence-corrected chi connectivity index (χ3v) is 4.84. The Morgan fingerprint density at radius 3 is 2.73 bits per heavy atom. The van der Waals surface area contributed by atoms with Gasteiger partial charge in [-0.05, 0) is 36.6 Å². The van der Waals surface area contributed by atoms with Gasteiger partial charge in [-0.25, -0.2) is 0 Å². The number of aryl methyl sites for hydroxylation is 1. The molecule has 0 unspecified atom stereocenters. The van der Waals surface area contributed by atoms with Crippen molar-refractivity contribution in [2.24, 2.45) is 0 Å². The lowest BCUT2D eigenvalue weighted by Gasteiger charge is -2.20. The van der Waals surface area contributed by atoms with E-state index < -0.39 is 6.10 Å². The van der Waals surface area contributed by atoms with E-state index in [1.165, 1.54) is 16.8 Å². The van der Waals surface area contributed by atoms with Crippen molar-refractivity contribution in [3.8, 4) is 0 Å². The molecule has 6 nitrogen and oxygen atoms in total. The Hall–Kier alpha value is -2.44. The fourth-order valence-corrected chi connectivity index (χ4v) is 3.56. The van der Waals surface area contributed by atoms with E-state index in [1.807, 2.05) is 29.2 Å². The van der Waals surface area contributed by atoms with Crippen LogP contribution in [-0.4, -0.2) is 36.1 Å². The second-order valence-electron chi connectivity index (χ2n) is 7.05. The molecule has 0 bridgehead atoms. The summed E-state index contributed by atoms with van der Waals surface area (Å²) in [6.45, 7) is 6.32. The van der Waals surface area contributed by atoms with E-state index in [1.54, 1.807) is 6.92 Å². The topological polar surface area (TPSA) is 59.1 Å². The highest BCUT2D eigenvalue weighted by Crippen LogP contribution is 2.19. The lowest BCUT2D eigenvalue weighted by molar-refractivity contribution is 0.193. The average molecular weight is 351 g/mol. The standard InChI is InChI=1S/C20H25N5O/c1-16(26)20-12-19-15-23(8-4-10-25(19)22-20)13-17-5-2-6-18(11-17)14-24-9-3-7-21-24/h2-3,5-7,9,11-12,16,26H,4,8,10,13-15H2,1H3/t16-/m0/s1. The van der Waals surface area contributed by atoms with Gasteiger partial charge in [0, 0.05) is 38.6 Å². The predicted octanol–water partition coefficient (Wildman–Crippen LogP) is 2.59. The first kappa shape index (κ1) is 17.0. The zero-order chi connectivity index (χ0) is 17.9. The van der Waals surface area contributed by atoms with Crippen molar-refractivity contribution in [3.05, 3.63) is 71.3 Å². The maximum absolute atomic E-state index is 9.78. The number of nitrogens with zero attached hydrogens (tertiary/aromatic N) is 5. The minimum Gasteiger partial charge on any atom is -0.387 e. The van der Waals surface area contributed by atoms with Gasteiger partial charge in [-0.3, -0.25) is 14.3 Å². The fraction of sp³-hybridized carbons (Fsp3) is 0.400. The highest BCUT2D eigenvalue weighted by Gasteiger charge is 2.18. The molecule has 1 aliphatic rings. The van der Waals surface area contributed by atoms with Gasteiger partial charge in [0.1, 0.15) is 0 Å². The van der Waals surface area contributed by atoms with Crippen LogP contribution in [0.1, 0.15) is 42.0 Å². The van der Waals surface area contributed by atoms with E-state index in [0.717, 1.165) is 44.8 Å². The molecule has 0 spiro atoms. The van der Waals surface area contributed by atoms with Crippen LogP contribution in [0.5, 0.6) is 0 Å². The Labute approximate surface area is 153 Å². The Bertz CT molecular complexity index is 853. The van der Waals surface area contributed by atoms with Crippen LogP contribution in [-0.2, 0) is 26.2 Å². The summed E-state index contributed by atoms with van der Waals surface area (Å²) in [5.41, 5.74) is 4.54. The van der Waals surface area contributed by atoms with Crippen molar-refractivity contribution in [3.63, 3.8) is 0 Å². The third kappa shape index (κ3) is 3.86. The molecule has 3 aromatic rings. The summed E-state index contributed by atoms with van der Waals surface area (Å²) in [6.07, 6.45) is 4.36. The van der Waals surface area contributed by atoms with Crippen LogP contribution in [0.15, 0.2) is 48.8 Å². The summed E-state index contributed by atoms with van der Waals surface area (Å²) >= 11 is 0. The lowest BCUT2D eigenvalue weighted by Crippen LogP contribution is -2.22. The summed E-state index contributed by atoms with van der Waals surface area (Å²) in [5.74, 6) is 0. The normalized spacial score (nSPS) is 16.2. The first-order valence-corrected chi connectivity index (χ1v) is 9.20. The van der Waals surface area contributed by atoms with Crippen LogP contribution in [0.3, 0.4) is 0 Å². The molecule has 0 fully saturated rings. The van der Waals surface area contributed by atoms with Gasteiger partial charge in [0.25, 0.3) is 0 Å². The third-order valence-electron chi connectivity index (χ3n) is 4.84. The molecule has 0 saturated heterocycles. The van der Waals surface area contributed by atoms with Gasteiger partial charge < -0.3 is 5.11 Å². The second-order valence-corrected chi connectivity index (χ2v) is 7.05. The van der Waals surface area contributed by atoms with Gasteiger partial charge in [-0.15, -0.1) is 0 Å². The molecule has 0 amide bonds. The Kier molecular flexibility index (Phi) is 4.86. The van der Waals surface area contributed by atoms with Crippen LogP contribution < -0.4 is 0 Å². The van der Waals surface area contributed by atoms with Crippen LogP contribution in [0.25, 0.3) is 0 Å². The van der Waals surface area contributed by atoms with Crippen LogP contribution >= 0.6 is 0 Å². The molecule has 26 heavy (non-hydrogen) atoms. The van der Waals surface area contributed by atoms with Crippen molar-refractivity contribution < 1.29 is 5.11 Å². The molecule has 0 radical (unpaired) electrons. The highest BCUT2D eigenvalue weighted by atomic mass is 16.3. The number of aliphatic hydroxyl groups is 1. The minimum atomic E-state index is -0.512. The van der Waals surface area contributed by atoms with Crippen molar-refractivity contribution >= 4 is 0 Å². The van der Waals surface area contributed by atoms with Gasteiger partial charge in [0.2, 0.25) is 0 Å². The predicted molar refractivity (Wildman–Crippen MR) is 99.4 cm³/mol. The molecule has 1 atom stereocenters. The largest absolute Gasteiger partial charge is 0.387 e. The van der Waals surface area contributed by atoms with Crippen LogP contribution in [0.2, 0.25) is 0 Å². The Morgan fingerprint density at radius 2 is 1.96 bits per heavy atom. The molecule has 4 rings (SSSR count).